The topological polar surface area (TPSA) is 23.6 Å². The highest BCUT2D eigenvalue weighted by Gasteiger charge is 2.16. The van der Waals surface area contributed by atoms with Gasteiger partial charge in [0.1, 0.15) is 0 Å². The van der Waals surface area contributed by atoms with Crippen molar-refractivity contribution in [1.29, 1.82) is 0 Å². The first kappa shape index (κ1) is 11.3. The molecule has 2 amide bonds. The molecule has 0 radical (unpaired) electrons. The number of rotatable bonds is 1. The Labute approximate surface area is 87.1 Å². The maximum atomic E-state index is 11.8. The van der Waals surface area contributed by atoms with Gasteiger partial charge in [0.05, 0.1) is 0 Å². The molecule has 3 nitrogen and oxygen atoms in total. The molecule has 0 atom stereocenters. The Bertz CT molecular complexity index is 174. The van der Waals surface area contributed by atoms with Gasteiger partial charge < -0.3 is 9.80 Å². The van der Waals surface area contributed by atoms with Crippen molar-refractivity contribution in [2.45, 2.75) is 39.0 Å². The van der Waals surface area contributed by atoms with Crippen LogP contribution in [0.2, 0.25) is 0 Å². The zero-order valence-corrected chi connectivity index (χ0v) is 9.46. The summed E-state index contributed by atoms with van der Waals surface area (Å²) in [6, 6.07) is 0.203. The summed E-state index contributed by atoms with van der Waals surface area (Å²) in [5, 5.41) is 0. The predicted octanol–water partition coefficient (Wildman–Crippen LogP) is 2.32. The van der Waals surface area contributed by atoms with Crippen LogP contribution in [0.5, 0.6) is 0 Å². The smallest absolute Gasteiger partial charge is 0.319 e. The quantitative estimate of drug-likeness (QED) is 0.634. The average Bonchev–Trinajstić information content (AvgIpc) is 2.15. The van der Waals surface area contributed by atoms with Gasteiger partial charge in [-0.05, 0) is 19.8 Å². The van der Waals surface area contributed by atoms with E-state index in [1.165, 1.54) is 32.1 Å². The van der Waals surface area contributed by atoms with E-state index in [0.717, 1.165) is 19.6 Å². The summed E-state index contributed by atoms with van der Waals surface area (Å²) in [5.74, 6) is 0. The largest absolute Gasteiger partial charge is 0.328 e. The first-order chi connectivity index (χ1) is 6.75. The lowest BCUT2D eigenvalue weighted by molar-refractivity contribution is 0.160. The molecule has 0 bridgehead atoms. The number of hydrogen-bond donors (Lipinski definition) is 0. The van der Waals surface area contributed by atoms with Gasteiger partial charge in [-0.2, -0.15) is 0 Å². The number of urea groups is 1. The van der Waals surface area contributed by atoms with E-state index in [-0.39, 0.29) is 6.03 Å². The second-order valence-electron chi connectivity index (χ2n) is 4.05. The molecular formula is C11H22N2O. The molecule has 14 heavy (non-hydrogen) atoms. The maximum absolute atomic E-state index is 11.8. The van der Waals surface area contributed by atoms with Crippen LogP contribution in [0.25, 0.3) is 0 Å². The molecule has 82 valence electrons. The Balaban J connectivity index is 2.42. The summed E-state index contributed by atoms with van der Waals surface area (Å²) in [4.78, 5) is 15.6. The maximum Gasteiger partial charge on any atom is 0.319 e. The minimum absolute atomic E-state index is 0.203. The minimum Gasteiger partial charge on any atom is -0.328 e. The number of amides is 2. The summed E-state index contributed by atoms with van der Waals surface area (Å²) in [7, 11) is 1.88. The molecule has 1 heterocycles. The number of nitrogens with zero attached hydrogens (tertiary/aromatic N) is 2. The van der Waals surface area contributed by atoms with E-state index < -0.39 is 0 Å². The molecule has 0 spiro atoms. The van der Waals surface area contributed by atoms with Crippen molar-refractivity contribution in [2.75, 3.05) is 26.7 Å². The van der Waals surface area contributed by atoms with Gasteiger partial charge in [0.15, 0.2) is 0 Å². The number of carbonyl (C=O) groups is 1. The Morgan fingerprint density at radius 3 is 2.14 bits per heavy atom. The van der Waals surface area contributed by atoms with Crippen LogP contribution in [0.4, 0.5) is 4.79 Å². The lowest BCUT2D eigenvalue weighted by atomic mass is 10.1. The van der Waals surface area contributed by atoms with Gasteiger partial charge in [-0.1, -0.05) is 19.3 Å². The van der Waals surface area contributed by atoms with E-state index in [1.54, 1.807) is 4.90 Å². The van der Waals surface area contributed by atoms with E-state index in [0.29, 0.717) is 0 Å². The molecule has 0 aliphatic carbocycles. The molecule has 0 saturated carbocycles. The van der Waals surface area contributed by atoms with E-state index in [9.17, 15) is 4.79 Å². The molecular weight excluding hydrogens is 176 g/mol. The summed E-state index contributed by atoms with van der Waals surface area (Å²) in [5.41, 5.74) is 0. The summed E-state index contributed by atoms with van der Waals surface area (Å²) in [6.07, 6.45) is 6.23. The number of carbonyl (C=O) groups excluding carboxylic acids is 1. The number of hydrogen-bond acceptors (Lipinski definition) is 1. The van der Waals surface area contributed by atoms with Crippen molar-refractivity contribution in [3.63, 3.8) is 0 Å². The molecule has 1 aliphatic heterocycles. The van der Waals surface area contributed by atoms with Gasteiger partial charge in [-0.15, -0.1) is 0 Å². The van der Waals surface area contributed by atoms with Crippen molar-refractivity contribution in [3.05, 3.63) is 0 Å². The molecule has 0 aromatic heterocycles. The van der Waals surface area contributed by atoms with Gasteiger partial charge in [0.25, 0.3) is 0 Å². The highest BCUT2D eigenvalue weighted by molar-refractivity contribution is 5.74. The SMILES string of the molecule is CCN(C)C(=O)N1CCCCCCC1. The highest BCUT2D eigenvalue weighted by Crippen LogP contribution is 2.11. The van der Waals surface area contributed by atoms with E-state index >= 15 is 0 Å². The Morgan fingerprint density at radius 2 is 1.64 bits per heavy atom. The molecule has 0 aromatic carbocycles. The van der Waals surface area contributed by atoms with Gasteiger partial charge in [-0.25, -0.2) is 4.79 Å². The Hall–Kier alpha value is -0.730. The fourth-order valence-corrected chi connectivity index (χ4v) is 1.82. The standard InChI is InChI=1S/C11H22N2O/c1-3-12(2)11(14)13-9-7-5-4-6-8-10-13/h3-10H2,1-2H3. The van der Waals surface area contributed by atoms with E-state index in [1.807, 2.05) is 18.9 Å². The molecule has 3 heteroatoms. The van der Waals surface area contributed by atoms with Crippen molar-refractivity contribution in [2.24, 2.45) is 0 Å². The van der Waals surface area contributed by atoms with Gasteiger partial charge in [0, 0.05) is 26.7 Å². The molecule has 1 fully saturated rings. The van der Waals surface area contributed by atoms with E-state index in [4.69, 9.17) is 0 Å². The van der Waals surface area contributed by atoms with Crippen LogP contribution in [0.1, 0.15) is 39.0 Å². The fraction of sp³-hybridized carbons (Fsp3) is 0.909. The summed E-state index contributed by atoms with van der Waals surface area (Å²) in [6.45, 7) is 4.71. The Morgan fingerprint density at radius 1 is 1.14 bits per heavy atom. The first-order valence-electron chi connectivity index (χ1n) is 5.75. The van der Waals surface area contributed by atoms with Crippen LogP contribution in [-0.2, 0) is 0 Å². The average molecular weight is 198 g/mol. The van der Waals surface area contributed by atoms with Crippen LogP contribution < -0.4 is 0 Å². The van der Waals surface area contributed by atoms with Crippen LogP contribution >= 0.6 is 0 Å². The van der Waals surface area contributed by atoms with E-state index in [2.05, 4.69) is 0 Å². The van der Waals surface area contributed by atoms with Gasteiger partial charge >= 0.3 is 6.03 Å². The van der Waals surface area contributed by atoms with Gasteiger partial charge in [-0.3, -0.25) is 0 Å². The fourth-order valence-electron chi connectivity index (χ4n) is 1.82. The number of likely N-dealkylation sites (tertiary alicyclic amines) is 1. The van der Waals surface area contributed by atoms with Crippen molar-refractivity contribution in [1.82, 2.24) is 9.80 Å². The summed E-state index contributed by atoms with van der Waals surface area (Å²) >= 11 is 0. The molecule has 1 saturated heterocycles. The van der Waals surface area contributed by atoms with Crippen LogP contribution in [0.3, 0.4) is 0 Å². The van der Waals surface area contributed by atoms with Crippen molar-refractivity contribution >= 4 is 6.03 Å². The normalized spacial score (nSPS) is 18.6. The molecule has 0 aromatic rings. The van der Waals surface area contributed by atoms with Crippen molar-refractivity contribution in [3.8, 4) is 0 Å². The van der Waals surface area contributed by atoms with Crippen LogP contribution in [-0.4, -0.2) is 42.5 Å². The van der Waals surface area contributed by atoms with Crippen LogP contribution in [0, 0.1) is 0 Å². The third-order valence-electron chi connectivity index (χ3n) is 2.93. The lowest BCUT2D eigenvalue weighted by Crippen LogP contribution is -2.42. The molecule has 1 aliphatic rings. The Kier molecular flexibility index (Phi) is 4.77. The summed E-state index contributed by atoms with van der Waals surface area (Å²) < 4.78 is 0. The zero-order valence-electron chi connectivity index (χ0n) is 9.46. The first-order valence-corrected chi connectivity index (χ1v) is 5.75. The predicted molar refractivity (Wildman–Crippen MR) is 58.4 cm³/mol. The molecule has 0 N–H and O–H groups in total. The zero-order chi connectivity index (χ0) is 10.4. The monoisotopic (exact) mass is 198 g/mol. The molecule has 1 rings (SSSR count). The van der Waals surface area contributed by atoms with Gasteiger partial charge in [0.2, 0.25) is 0 Å². The third kappa shape index (κ3) is 3.20. The third-order valence-corrected chi connectivity index (χ3v) is 2.93. The van der Waals surface area contributed by atoms with Crippen molar-refractivity contribution < 1.29 is 4.79 Å². The highest BCUT2D eigenvalue weighted by atomic mass is 16.2. The second-order valence-corrected chi connectivity index (χ2v) is 4.05. The lowest BCUT2D eigenvalue weighted by Gasteiger charge is -2.28. The molecule has 0 unspecified atom stereocenters. The minimum atomic E-state index is 0.203. The second kappa shape index (κ2) is 5.89. The van der Waals surface area contributed by atoms with Crippen LogP contribution in [0.15, 0.2) is 0 Å².